The first-order valence-corrected chi connectivity index (χ1v) is 17.4. The summed E-state index contributed by atoms with van der Waals surface area (Å²) in [6, 6.07) is 10.3. The van der Waals surface area contributed by atoms with Gasteiger partial charge in [-0.3, -0.25) is 4.99 Å². The molecule has 0 spiro atoms. The predicted octanol–water partition coefficient (Wildman–Crippen LogP) is 9.82. The number of fused-ring (bicyclic) bond motifs is 2. The molecule has 2 aromatic carbocycles. The van der Waals surface area contributed by atoms with E-state index in [-0.39, 0.29) is 11.9 Å². The number of hydrogen-bond donors (Lipinski definition) is 1. The highest BCUT2D eigenvalue weighted by Gasteiger charge is 2.34. The van der Waals surface area contributed by atoms with Gasteiger partial charge < -0.3 is 15.5 Å². The third-order valence-electron chi connectivity index (χ3n) is 10.1. The molecule has 2 aliphatic heterocycles. The van der Waals surface area contributed by atoms with Crippen molar-refractivity contribution in [1.82, 2.24) is 4.90 Å². The van der Waals surface area contributed by atoms with Crippen molar-refractivity contribution in [3.8, 4) is 0 Å². The van der Waals surface area contributed by atoms with Crippen LogP contribution < -0.4 is 10.6 Å². The van der Waals surface area contributed by atoms with E-state index in [2.05, 4.69) is 88.4 Å². The lowest BCUT2D eigenvalue weighted by atomic mass is 9.80. The summed E-state index contributed by atoms with van der Waals surface area (Å²) in [5.41, 5.74) is 14.5. The zero-order valence-corrected chi connectivity index (χ0v) is 28.4. The van der Waals surface area contributed by atoms with E-state index < -0.39 is 0 Å². The minimum atomic E-state index is -0.120. The molecule has 0 aliphatic carbocycles. The van der Waals surface area contributed by atoms with Gasteiger partial charge in [0, 0.05) is 35.5 Å². The van der Waals surface area contributed by atoms with Crippen molar-refractivity contribution in [2.45, 2.75) is 112 Å². The third kappa shape index (κ3) is 7.65. The van der Waals surface area contributed by atoms with Crippen molar-refractivity contribution in [2.75, 3.05) is 24.5 Å². The molecule has 2 heterocycles. The van der Waals surface area contributed by atoms with E-state index in [0.717, 1.165) is 90.9 Å². The number of aliphatic imine (C=N–C) groups is 1. The Labute approximate surface area is 267 Å². The lowest BCUT2D eigenvalue weighted by molar-refractivity contribution is 0.280. The molecule has 4 nitrogen and oxygen atoms in total. The SMILES string of the molecule is C=C1C(C(N)=NC(C)CCCN(CC)CCC)=CN2c3ccccc3Cc3c(CCC(C)C(CC)CCCC)c(F)cc1c32. The van der Waals surface area contributed by atoms with E-state index in [4.69, 9.17) is 10.7 Å². The standard InChI is InChI=1S/C39H57FN4/c1-8-12-17-30(10-3)27(5)20-21-32-34-24-31-18-13-14-19-37(31)44-26-35(29(7)33(38(34)44)25-36(32)40)39(41)42-28(6)16-15-23-43(11-4)22-9-2/h13-14,18-19,25-28,30H,7-12,15-17,20-24H2,1-6H3,(H2,41,42). The largest absolute Gasteiger partial charge is 0.383 e. The van der Waals surface area contributed by atoms with Gasteiger partial charge in [-0.05, 0) is 105 Å². The van der Waals surface area contributed by atoms with Gasteiger partial charge in [0.15, 0.2) is 0 Å². The van der Waals surface area contributed by atoms with Crippen molar-refractivity contribution in [3.05, 3.63) is 76.8 Å². The van der Waals surface area contributed by atoms with Crippen molar-refractivity contribution < 1.29 is 4.39 Å². The highest BCUT2D eigenvalue weighted by atomic mass is 19.1. The second kappa shape index (κ2) is 15.9. The second-order valence-electron chi connectivity index (χ2n) is 13.2. The number of hydrogen-bond acceptors (Lipinski definition) is 3. The van der Waals surface area contributed by atoms with Crippen LogP contribution in [0.25, 0.3) is 5.57 Å². The number of anilines is 2. The minimum Gasteiger partial charge on any atom is -0.383 e. The maximum absolute atomic E-state index is 16.1. The Hall–Kier alpha value is -2.92. The first-order chi connectivity index (χ1) is 21.2. The molecule has 3 atom stereocenters. The summed E-state index contributed by atoms with van der Waals surface area (Å²) in [6.07, 6.45) is 12.8. The number of para-hydroxylation sites is 1. The van der Waals surface area contributed by atoms with Crippen molar-refractivity contribution in [3.63, 3.8) is 0 Å². The van der Waals surface area contributed by atoms with Crippen molar-refractivity contribution in [2.24, 2.45) is 22.6 Å². The van der Waals surface area contributed by atoms with Gasteiger partial charge in [0.05, 0.1) is 5.69 Å². The normalized spacial score (nSPS) is 16.5. The average molecular weight is 601 g/mol. The molecule has 0 saturated heterocycles. The number of nitrogens with two attached hydrogens (primary N) is 1. The lowest BCUT2D eigenvalue weighted by Crippen LogP contribution is -2.29. The topological polar surface area (TPSA) is 44.9 Å². The molecule has 5 heteroatoms. The average Bonchev–Trinajstić information content (AvgIpc) is 3.01. The molecule has 2 aromatic rings. The highest BCUT2D eigenvalue weighted by Crippen LogP contribution is 2.49. The van der Waals surface area contributed by atoms with E-state index in [1.165, 1.54) is 37.7 Å². The van der Waals surface area contributed by atoms with E-state index >= 15 is 4.39 Å². The second-order valence-corrected chi connectivity index (χ2v) is 13.2. The Morgan fingerprint density at radius 3 is 2.52 bits per heavy atom. The summed E-state index contributed by atoms with van der Waals surface area (Å²) >= 11 is 0. The van der Waals surface area contributed by atoms with Crippen LogP contribution in [-0.2, 0) is 12.8 Å². The van der Waals surface area contributed by atoms with E-state index in [1.54, 1.807) is 6.07 Å². The van der Waals surface area contributed by atoms with Crippen LogP contribution in [-0.4, -0.2) is 36.4 Å². The zero-order valence-electron chi connectivity index (χ0n) is 28.4. The smallest absolute Gasteiger partial charge is 0.128 e. The summed E-state index contributed by atoms with van der Waals surface area (Å²) in [4.78, 5) is 9.64. The molecular formula is C39H57FN4. The number of nitrogens with zero attached hydrogens (tertiary/aromatic N) is 3. The molecule has 0 aromatic heterocycles. The fourth-order valence-electron chi connectivity index (χ4n) is 7.30. The summed E-state index contributed by atoms with van der Waals surface area (Å²) in [5, 5.41) is 0. The fraction of sp³-hybridized carbons (Fsp3) is 0.564. The van der Waals surface area contributed by atoms with Gasteiger partial charge in [0.25, 0.3) is 0 Å². The molecule has 2 aliphatic rings. The maximum atomic E-state index is 16.1. The number of halogens is 1. The molecule has 0 bridgehead atoms. The van der Waals surface area contributed by atoms with Crippen molar-refractivity contribution in [1.29, 1.82) is 0 Å². The highest BCUT2D eigenvalue weighted by molar-refractivity contribution is 6.14. The van der Waals surface area contributed by atoms with Gasteiger partial charge in [-0.25, -0.2) is 4.39 Å². The van der Waals surface area contributed by atoms with Gasteiger partial charge in [-0.1, -0.05) is 85.1 Å². The Morgan fingerprint density at radius 1 is 1.05 bits per heavy atom. The molecular weight excluding hydrogens is 543 g/mol. The summed E-state index contributed by atoms with van der Waals surface area (Å²) in [5.74, 6) is 1.62. The number of benzene rings is 2. The molecule has 0 saturated carbocycles. The van der Waals surface area contributed by atoms with Crippen LogP contribution in [0.1, 0.15) is 115 Å². The zero-order chi connectivity index (χ0) is 31.8. The summed E-state index contributed by atoms with van der Waals surface area (Å²) in [6.45, 7) is 21.3. The van der Waals surface area contributed by atoms with E-state index in [9.17, 15) is 0 Å². The van der Waals surface area contributed by atoms with Gasteiger partial charge in [0.2, 0.25) is 0 Å². The molecule has 0 fully saturated rings. The first kappa shape index (κ1) is 34.0. The van der Waals surface area contributed by atoms with Gasteiger partial charge in [-0.15, -0.1) is 0 Å². The van der Waals surface area contributed by atoms with Gasteiger partial charge >= 0.3 is 0 Å². The quantitative estimate of drug-likeness (QED) is 0.145. The summed E-state index contributed by atoms with van der Waals surface area (Å²) in [7, 11) is 0. The Balaban J connectivity index is 1.62. The van der Waals surface area contributed by atoms with Crippen LogP contribution in [0.4, 0.5) is 15.8 Å². The molecule has 3 unspecified atom stereocenters. The monoisotopic (exact) mass is 600 g/mol. The summed E-state index contributed by atoms with van der Waals surface area (Å²) < 4.78 is 16.1. The predicted molar refractivity (Wildman–Crippen MR) is 188 cm³/mol. The molecule has 0 amide bonds. The molecule has 44 heavy (non-hydrogen) atoms. The molecule has 240 valence electrons. The maximum Gasteiger partial charge on any atom is 0.128 e. The Morgan fingerprint density at radius 2 is 1.82 bits per heavy atom. The first-order valence-electron chi connectivity index (χ1n) is 17.4. The van der Waals surface area contributed by atoms with E-state index in [0.29, 0.717) is 17.7 Å². The number of amidine groups is 1. The van der Waals surface area contributed by atoms with Crippen LogP contribution in [0.2, 0.25) is 0 Å². The van der Waals surface area contributed by atoms with Crippen LogP contribution >= 0.6 is 0 Å². The van der Waals surface area contributed by atoms with Crippen LogP contribution in [0.5, 0.6) is 0 Å². The van der Waals surface area contributed by atoms with Gasteiger partial charge in [0.1, 0.15) is 11.7 Å². The molecule has 4 rings (SSSR count). The minimum absolute atomic E-state index is 0.0972. The van der Waals surface area contributed by atoms with Crippen LogP contribution in [0.3, 0.4) is 0 Å². The fourth-order valence-corrected chi connectivity index (χ4v) is 7.30. The van der Waals surface area contributed by atoms with Gasteiger partial charge in [-0.2, -0.15) is 0 Å². The number of rotatable bonds is 17. The Bertz CT molecular complexity index is 1340. The number of unbranched alkanes of at least 4 members (excludes halogenated alkanes) is 1. The lowest BCUT2D eigenvalue weighted by Gasteiger charge is -2.38. The van der Waals surface area contributed by atoms with E-state index in [1.807, 2.05) is 0 Å². The van der Waals surface area contributed by atoms with Crippen LogP contribution in [0, 0.1) is 17.7 Å². The third-order valence-corrected chi connectivity index (χ3v) is 10.1. The van der Waals surface area contributed by atoms with Crippen LogP contribution in [0.15, 0.2) is 53.7 Å². The molecule has 0 radical (unpaired) electrons. The molecule has 2 N–H and O–H groups in total. The Kier molecular flexibility index (Phi) is 12.3. The van der Waals surface area contributed by atoms with Crippen molar-refractivity contribution >= 4 is 22.8 Å².